The normalized spacial score (nSPS) is 29.7. The summed E-state index contributed by atoms with van der Waals surface area (Å²) in [6, 6.07) is 0. The van der Waals surface area contributed by atoms with Gasteiger partial charge in [0, 0.05) is 0 Å². The summed E-state index contributed by atoms with van der Waals surface area (Å²) in [6.45, 7) is 0. The second kappa shape index (κ2) is 3.25. The van der Waals surface area contributed by atoms with E-state index in [1.807, 2.05) is 0 Å². The van der Waals surface area contributed by atoms with Crippen molar-refractivity contribution < 1.29 is 30.2 Å². The van der Waals surface area contributed by atoms with Gasteiger partial charge >= 0.3 is 10.8 Å². The molecule has 1 fully saturated rings. The largest absolute Gasteiger partial charge is 0.361 e. The first-order valence-corrected chi connectivity index (χ1v) is 5.74. The lowest BCUT2D eigenvalue weighted by atomic mass is 10.1. The van der Waals surface area contributed by atoms with E-state index in [1.54, 1.807) is 0 Å². The predicted octanol–water partition coefficient (Wildman–Crippen LogP) is 2.31. The van der Waals surface area contributed by atoms with Gasteiger partial charge in [-0.25, -0.2) is 4.18 Å². The summed E-state index contributed by atoms with van der Waals surface area (Å²) in [5, 5.41) is -9.48. The zero-order chi connectivity index (χ0) is 12.3. The SMILES string of the molecule is O=S1(=O)OC(C(F)(F)Cl)(C(F)(F)Cl)C1Cl. The second-order valence-electron chi connectivity index (χ2n) is 2.62. The van der Waals surface area contributed by atoms with Gasteiger partial charge in [0.1, 0.15) is 0 Å². The van der Waals surface area contributed by atoms with Gasteiger partial charge in [0.05, 0.1) is 0 Å². The molecule has 1 unspecified atom stereocenters. The van der Waals surface area contributed by atoms with Crippen molar-refractivity contribution in [1.29, 1.82) is 0 Å². The first-order valence-electron chi connectivity index (χ1n) is 3.08. The van der Waals surface area contributed by atoms with Gasteiger partial charge in [-0.15, -0.1) is 0 Å². The molecule has 1 heterocycles. The van der Waals surface area contributed by atoms with Crippen LogP contribution in [0, 0.1) is 0 Å². The lowest BCUT2D eigenvalue weighted by Crippen LogP contribution is -2.73. The molecule has 1 saturated heterocycles. The fraction of sp³-hybridized carbons (Fsp3) is 1.00. The van der Waals surface area contributed by atoms with Crippen LogP contribution >= 0.6 is 34.8 Å². The molecule has 0 saturated carbocycles. The minimum Gasteiger partial charge on any atom is -0.243 e. The van der Waals surface area contributed by atoms with Crippen molar-refractivity contribution in [2.75, 3.05) is 0 Å². The van der Waals surface area contributed by atoms with Crippen LogP contribution in [-0.4, -0.2) is 29.5 Å². The molecule has 0 bridgehead atoms. The zero-order valence-electron chi connectivity index (χ0n) is 6.36. The van der Waals surface area contributed by atoms with Crippen LogP contribution in [-0.2, 0) is 14.3 Å². The fourth-order valence-corrected chi connectivity index (χ4v) is 3.69. The lowest BCUT2D eigenvalue weighted by molar-refractivity contribution is -0.212. The Bertz CT molecular complexity index is 358. The van der Waals surface area contributed by atoms with E-state index in [4.69, 9.17) is 11.6 Å². The third-order valence-electron chi connectivity index (χ3n) is 1.66. The van der Waals surface area contributed by atoms with Crippen molar-refractivity contribution in [2.45, 2.75) is 21.1 Å². The minimum atomic E-state index is -4.74. The van der Waals surface area contributed by atoms with Crippen LogP contribution < -0.4 is 0 Å². The fourth-order valence-electron chi connectivity index (χ4n) is 0.936. The molecule has 1 atom stereocenters. The van der Waals surface area contributed by atoms with Gasteiger partial charge < -0.3 is 0 Å². The van der Waals surface area contributed by atoms with Crippen LogP contribution in [0.2, 0.25) is 0 Å². The molecule has 15 heavy (non-hydrogen) atoms. The topological polar surface area (TPSA) is 43.4 Å². The molecule has 0 amide bonds. The van der Waals surface area contributed by atoms with Crippen LogP contribution in [0.1, 0.15) is 0 Å². The minimum absolute atomic E-state index is 2.73. The van der Waals surface area contributed by atoms with Gasteiger partial charge in [0.15, 0.2) is 0 Å². The second-order valence-corrected chi connectivity index (χ2v) is 5.89. The third-order valence-corrected chi connectivity index (χ3v) is 4.52. The summed E-state index contributed by atoms with van der Waals surface area (Å²) in [4.78, 5) is 0. The Labute approximate surface area is 96.3 Å². The van der Waals surface area contributed by atoms with Gasteiger partial charge in [-0.05, 0) is 23.2 Å². The van der Waals surface area contributed by atoms with Crippen molar-refractivity contribution in [3.63, 3.8) is 0 Å². The monoisotopic (exact) mass is 310 g/mol. The first kappa shape index (κ1) is 13.6. The van der Waals surface area contributed by atoms with Crippen LogP contribution in [0.4, 0.5) is 17.6 Å². The van der Waals surface area contributed by atoms with Crippen molar-refractivity contribution in [2.24, 2.45) is 0 Å². The standard InChI is InChI=1S/C4HCl3F4O3S/c5-1-2(3(6,8)9,4(7,10)11)14-15(1,12)13/h1H. The van der Waals surface area contributed by atoms with E-state index in [0.717, 1.165) is 0 Å². The molecule has 90 valence electrons. The highest BCUT2D eigenvalue weighted by atomic mass is 35.5. The van der Waals surface area contributed by atoms with E-state index < -0.39 is 31.2 Å². The molecule has 11 heteroatoms. The first-order chi connectivity index (χ1) is 6.36. The highest BCUT2D eigenvalue weighted by molar-refractivity contribution is 7.90. The Kier molecular flexibility index (Phi) is 2.94. The number of alkyl halides is 7. The Morgan fingerprint density at radius 2 is 1.47 bits per heavy atom. The number of hydrogen-bond donors (Lipinski definition) is 0. The molecule has 0 aromatic carbocycles. The molecule has 3 nitrogen and oxygen atoms in total. The molecule has 0 aromatic heterocycles. The van der Waals surface area contributed by atoms with Crippen molar-refractivity contribution in [3.8, 4) is 0 Å². The molecule has 0 N–H and O–H groups in total. The molecule has 1 aliphatic rings. The van der Waals surface area contributed by atoms with Gasteiger partial charge in [0.25, 0.3) is 15.7 Å². The molecular weight excluding hydrogens is 310 g/mol. The maximum atomic E-state index is 12.6. The molecule has 0 aromatic rings. The summed E-state index contributed by atoms with van der Waals surface area (Å²) in [7, 11) is -4.70. The van der Waals surface area contributed by atoms with Gasteiger partial charge in [0.2, 0.25) is 4.71 Å². The summed E-state index contributed by atoms with van der Waals surface area (Å²) in [6.07, 6.45) is 0. The van der Waals surface area contributed by atoms with E-state index in [1.165, 1.54) is 0 Å². The predicted molar refractivity (Wildman–Crippen MR) is 44.0 cm³/mol. The Balaban J connectivity index is 3.28. The van der Waals surface area contributed by atoms with Gasteiger partial charge in [-0.1, -0.05) is 11.6 Å². The van der Waals surface area contributed by atoms with Crippen LogP contribution in [0.25, 0.3) is 0 Å². The van der Waals surface area contributed by atoms with E-state index in [0.29, 0.717) is 0 Å². The van der Waals surface area contributed by atoms with E-state index in [9.17, 15) is 26.0 Å². The van der Waals surface area contributed by atoms with Crippen LogP contribution in [0.5, 0.6) is 0 Å². The Morgan fingerprint density at radius 1 is 1.13 bits per heavy atom. The number of rotatable bonds is 2. The van der Waals surface area contributed by atoms with Crippen LogP contribution in [0.15, 0.2) is 0 Å². The van der Waals surface area contributed by atoms with Crippen molar-refractivity contribution in [3.05, 3.63) is 0 Å². The average Bonchev–Trinajstić information content (AvgIpc) is 1.94. The third kappa shape index (κ3) is 1.70. The molecular formula is C4HCl3F4O3S. The zero-order valence-corrected chi connectivity index (χ0v) is 9.44. The molecule has 1 aliphatic heterocycles. The van der Waals surface area contributed by atoms with E-state index >= 15 is 0 Å². The van der Waals surface area contributed by atoms with Crippen LogP contribution in [0.3, 0.4) is 0 Å². The average molecular weight is 311 g/mol. The summed E-state index contributed by atoms with van der Waals surface area (Å²) in [5.41, 5.74) is -3.97. The molecule has 0 radical (unpaired) electrons. The number of halogens is 7. The molecule has 1 rings (SSSR count). The van der Waals surface area contributed by atoms with E-state index in [-0.39, 0.29) is 0 Å². The van der Waals surface area contributed by atoms with Gasteiger partial charge in [-0.2, -0.15) is 26.0 Å². The lowest BCUT2D eigenvalue weighted by Gasteiger charge is -2.47. The highest BCUT2D eigenvalue weighted by Crippen LogP contribution is 2.59. The van der Waals surface area contributed by atoms with Crippen molar-refractivity contribution >= 4 is 44.9 Å². The summed E-state index contributed by atoms with van der Waals surface area (Å²) >= 11 is 13.5. The Hall–Kier alpha value is 0.500. The van der Waals surface area contributed by atoms with E-state index in [2.05, 4.69) is 27.4 Å². The summed E-state index contributed by atoms with van der Waals surface area (Å²) < 4.78 is 72.4. The number of hydrogen-bond acceptors (Lipinski definition) is 3. The van der Waals surface area contributed by atoms with Gasteiger partial charge in [-0.3, -0.25) is 0 Å². The maximum absolute atomic E-state index is 12.6. The molecule has 0 spiro atoms. The smallest absolute Gasteiger partial charge is 0.243 e. The quantitative estimate of drug-likeness (QED) is 0.446. The highest BCUT2D eigenvalue weighted by Gasteiger charge is 2.83. The Morgan fingerprint density at radius 3 is 1.53 bits per heavy atom. The van der Waals surface area contributed by atoms with Crippen molar-refractivity contribution in [1.82, 2.24) is 0 Å². The maximum Gasteiger partial charge on any atom is 0.361 e. The molecule has 0 aliphatic carbocycles. The summed E-state index contributed by atoms with van der Waals surface area (Å²) in [5.74, 6) is 0.